The van der Waals surface area contributed by atoms with Crippen molar-refractivity contribution in [3.05, 3.63) is 34.5 Å². The molecule has 1 aliphatic carbocycles. The molecule has 1 aliphatic rings. The van der Waals surface area contributed by atoms with Crippen molar-refractivity contribution < 1.29 is 0 Å². The van der Waals surface area contributed by atoms with E-state index in [0.717, 1.165) is 29.4 Å². The highest BCUT2D eigenvalue weighted by molar-refractivity contribution is 5.74. The highest BCUT2D eigenvalue weighted by atomic mass is 16.1. The van der Waals surface area contributed by atoms with Crippen molar-refractivity contribution in [2.75, 3.05) is 0 Å². The summed E-state index contributed by atoms with van der Waals surface area (Å²) < 4.78 is 1.87. The van der Waals surface area contributed by atoms with Crippen LogP contribution in [0.15, 0.2) is 23.4 Å². The van der Waals surface area contributed by atoms with Crippen LogP contribution < -0.4 is 5.56 Å². The van der Waals surface area contributed by atoms with Gasteiger partial charge in [-0.3, -0.25) is 9.36 Å². The number of hydrogen-bond acceptors (Lipinski definition) is 3. The summed E-state index contributed by atoms with van der Waals surface area (Å²) in [6.45, 7) is 1.86. The van der Waals surface area contributed by atoms with Crippen LogP contribution in [-0.2, 0) is 0 Å². The van der Waals surface area contributed by atoms with Crippen molar-refractivity contribution in [2.24, 2.45) is 0 Å². The molecular weight excluding hydrogens is 214 g/mol. The molecule has 0 saturated heterocycles. The summed E-state index contributed by atoms with van der Waals surface area (Å²) >= 11 is 0. The fourth-order valence-corrected chi connectivity index (χ4v) is 2.72. The maximum atomic E-state index is 12.3. The maximum Gasteiger partial charge on any atom is 0.255 e. The van der Waals surface area contributed by atoms with Crippen molar-refractivity contribution >= 4 is 11.0 Å². The molecule has 2 aromatic heterocycles. The van der Waals surface area contributed by atoms with Crippen LogP contribution in [0, 0.1) is 6.92 Å². The Labute approximate surface area is 99.3 Å². The minimum absolute atomic E-state index is 0.100. The van der Waals surface area contributed by atoms with Crippen LogP contribution in [0.3, 0.4) is 0 Å². The standard InChI is InChI=1S/C13H15N3O/c1-9-6-10-7-14-8-15-12(10)16(13(9)17)11-4-2-3-5-11/h6-8,11H,2-5H2,1H3. The first kappa shape index (κ1) is 10.4. The largest absolute Gasteiger partial charge is 0.289 e. The molecule has 0 radical (unpaired) electrons. The number of aromatic nitrogens is 3. The minimum Gasteiger partial charge on any atom is -0.289 e. The zero-order chi connectivity index (χ0) is 11.8. The van der Waals surface area contributed by atoms with Gasteiger partial charge in [-0.15, -0.1) is 0 Å². The molecule has 0 bridgehead atoms. The van der Waals surface area contributed by atoms with Crippen molar-refractivity contribution in [3.8, 4) is 0 Å². The Morgan fingerprint density at radius 3 is 2.88 bits per heavy atom. The normalized spacial score (nSPS) is 16.8. The number of pyridine rings is 1. The van der Waals surface area contributed by atoms with E-state index in [4.69, 9.17) is 0 Å². The Bertz CT molecular complexity index is 612. The number of fused-ring (bicyclic) bond motifs is 1. The van der Waals surface area contributed by atoms with Gasteiger partial charge in [0.1, 0.15) is 12.0 Å². The van der Waals surface area contributed by atoms with Crippen molar-refractivity contribution in [1.29, 1.82) is 0 Å². The van der Waals surface area contributed by atoms with Gasteiger partial charge in [0, 0.05) is 23.2 Å². The summed E-state index contributed by atoms with van der Waals surface area (Å²) in [4.78, 5) is 20.6. The molecule has 2 aromatic rings. The lowest BCUT2D eigenvalue weighted by molar-refractivity contribution is 0.514. The minimum atomic E-state index is 0.100. The molecule has 2 heterocycles. The third-order valence-electron chi connectivity index (χ3n) is 3.56. The van der Waals surface area contributed by atoms with Gasteiger partial charge >= 0.3 is 0 Å². The molecule has 4 heteroatoms. The molecule has 1 fully saturated rings. The average Bonchev–Trinajstić information content (AvgIpc) is 2.84. The summed E-state index contributed by atoms with van der Waals surface area (Å²) in [5.41, 5.74) is 1.66. The number of aryl methyl sites for hydroxylation is 1. The number of rotatable bonds is 1. The van der Waals surface area contributed by atoms with E-state index in [-0.39, 0.29) is 5.56 Å². The molecule has 0 aliphatic heterocycles. The van der Waals surface area contributed by atoms with Gasteiger partial charge < -0.3 is 0 Å². The fourth-order valence-electron chi connectivity index (χ4n) is 2.72. The smallest absolute Gasteiger partial charge is 0.255 e. The molecule has 0 N–H and O–H groups in total. The van der Waals surface area contributed by atoms with Gasteiger partial charge in [-0.05, 0) is 25.8 Å². The second-order valence-electron chi connectivity index (χ2n) is 4.74. The van der Waals surface area contributed by atoms with Crippen molar-refractivity contribution in [3.63, 3.8) is 0 Å². The number of hydrogen-bond donors (Lipinski definition) is 0. The van der Waals surface area contributed by atoms with E-state index in [1.807, 2.05) is 17.6 Å². The molecule has 1 saturated carbocycles. The molecule has 0 spiro atoms. The highest BCUT2D eigenvalue weighted by Crippen LogP contribution is 2.30. The maximum absolute atomic E-state index is 12.3. The summed E-state index contributed by atoms with van der Waals surface area (Å²) in [5.74, 6) is 0. The Kier molecular flexibility index (Phi) is 2.42. The molecule has 0 unspecified atom stereocenters. The molecule has 0 amide bonds. The van der Waals surface area contributed by atoms with Crippen LogP contribution in [0.1, 0.15) is 37.3 Å². The van der Waals surface area contributed by atoms with Crippen LogP contribution in [0.2, 0.25) is 0 Å². The SMILES string of the molecule is Cc1cc2cncnc2n(C2CCCC2)c1=O. The summed E-state index contributed by atoms with van der Waals surface area (Å²) in [6.07, 6.45) is 7.88. The van der Waals surface area contributed by atoms with E-state index in [2.05, 4.69) is 9.97 Å². The predicted octanol–water partition coefficient (Wildman–Crippen LogP) is 2.22. The van der Waals surface area contributed by atoms with Gasteiger partial charge in [0.2, 0.25) is 0 Å². The highest BCUT2D eigenvalue weighted by Gasteiger charge is 2.21. The fraction of sp³-hybridized carbons (Fsp3) is 0.462. The second kappa shape index (κ2) is 3.95. The lowest BCUT2D eigenvalue weighted by Crippen LogP contribution is -2.26. The van der Waals surface area contributed by atoms with Crippen molar-refractivity contribution in [1.82, 2.24) is 14.5 Å². The lowest BCUT2D eigenvalue weighted by atomic mass is 10.2. The third-order valence-corrected chi connectivity index (χ3v) is 3.56. The van der Waals surface area contributed by atoms with E-state index < -0.39 is 0 Å². The van der Waals surface area contributed by atoms with Gasteiger partial charge in [-0.2, -0.15) is 0 Å². The van der Waals surface area contributed by atoms with Gasteiger partial charge in [-0.25, -0.2) is 9.97 Å². The van der Waals surface area contributed by atoms with E-state index in [0.29, 0.717) is 6.04 Å². The quantitative estimate of drug-likeness (QED) is 0.753. The van der Waals surface area contributed by atoms with E-state index >= 15 is 0 Å². The molecule has 0 aromatic carbocycles. The zero-order valence-corrected chi connectivity index (χ0v) is 9.89. The molecule has 4 nitrogen and oxygen atoms in total. The average molecular weight is 229 g/mol. The van der Waals surface area contributed by atoms with Crippen LogP contribution in [0.25, 0.3) is 11.0 Å². The second-order valence-corrected chi connectivity index (χ2v) is 4.74. The first-order valence-corrected chi connectivity index (χ1v) is 6.09. The van der Waals surface area contributed by atoms with Gasteiger partial charge in [0.05, 0.1) is 0 Å². The topological polar surface area (TPSA) is 47.8 Å². The predicted molar refractivity (Wildman–Crippen MR) is 66.0 cm³/mol. The van der Waals surface area contributed by atoms with Gasteiger partial charge in [-0.1, -0.05) is 12.8 Å². The van der Waals surface area contributed by atoms with E-state index in [1.54, 1.807) is 6.20 Å². The van der Waals surface area contributed by atoms with Crippen LogP contribution in [0.4, 0.5) is 0 Å². The first-order valence-electron chi connectivity index (χ1n) is 6.09. The molecule has 3 rings (SSSR count). The first-order chi connectivity index (χ1) is 8.27. The Morgan fingerprint density at radius 2 is 2.12 bits per heavy atom. The molecule has 17 heavy (non-hydrogen) atoms. The summed E-state index contributed by atoms with van der Waals surface area (Å²) in [5, 5.41) is 0.955. The van der Waals surface area contributed by atoms with Crippen LogP contribution >= 0.6 is 0 Å². The lowest BCUT2D eigenvalue weighted by Gasteiger charge is -2.16. The number of nitrogens with zero attached hydrogens (tertiary/aromatic N) is 3. The van der Waals surface area contributed by atoms with Crippen LogP contribution in [-0.4, -0.2) is 14.5 Å². The Morgan fingerprint density at radius 1 is 1.35 bits per heavy atom. The van der Waals surface area contributed by atoms with Gasteiger partial charge in [0.25, 0.3) is 5.56 Å². The summed E-state index contributed by atoms with van der Waals surface area (Å²) in [6, 6.07) is 2.20. The molecule has 88 valence electrons. The van der Waals surface area contributed by atoms with Crippen molar-refractivity contribution in [2.45, 2.75) is 38.6 Å². The van der Waals surface area contributed by atoms with Gasteiger partial charge in [0.15, 0.2) is 0 Å². The summed E-state index contributed by atoms with van der Waals surface area (Å²) in [7, 11) is 0. The van der Waals surface area contributed by atoms with Crippen LogP contribution in [0.5, 0.6) is 0 Å². The third kappa shape index (κ3) is 1.64. The Hall–Kier alpha value is -1.71. The Balaban J connectivity index is 2.33. The monoisotopic (exact) mass is 229 g/mol. The molecule has 0 atom stereocenters. The zero-order valence-electron chi connectivity index (χ0n) is 9.89. The van der Waals surface area contributed by atoms with E-state index in [1.165, 1.54) is 19.2 Å². The molecular formula is C13H15N3O. The van der Waals surface area contributed by atoms with E-state index in [9.17, 15) is 4.79 Å².